The zero-order chi connectivity index (χ0) is 13.2. The Morgan fingerprint density at radius 2 is 2.00 bits per heavy atom. The van der Waals surface area contributed by atoms with Gasteiger partial charge in [-0.3, -0.25) is 4.79 Å². The molecule has 1 aromatic rings. The van der Waals surface area contributed by atoms with Crippen LogP contribution >= 0.6 is 11.3 Å². The highest BCUT2D eigenvalue weighted by molar-refractivity contribution is 7.15. The van der Waals surface area contributed by atoms with E-state index in [4.69, 9.17) is 0 Å². The summed E-state index contributed by atoms with van der Waals surface area (Å²) in [4.78, 5) is 11.8. The lowest BCUT2D eigenvalue weighted by Crippen LogP contribution is -2.19. The van der Waals surface area contributed by atoms with Gasteiger partial charge in [0.1, 0.15) is 5.01 Å². The SMILES string of the molecule is CC(C)(C)CC(=O)Nc1nnc(C2CCCC2)s1. The van der Waals surface area contributed by atoms with Crippen LogP contribution in [-0.4, -0.2) is 16.1 Å². The van der Waals surface area contributed by atoms with E-state index in [-0.39, 0.29) is 11.3 Å². The number of amides is 1. The van der Waals surface area contributed by atoms with Crippen LogP contribution in [0, 0.1) is 5.41 Å². The van der Waals surface area contributed by atoms with Gasteiger partial charge in [0.05, 0.1) is 0 Å². The molecule has 0 aliphatic heterocycles. The predicted molar refractivity (Wildman–Crippen MR) is 73.8 cm³/mol. The van der Waals surface area contributed by atoms with Crippen LogP contribution in [0.3, 0.4) is 0 Å². The van der Waals surface area contributed by atoms with Crippen molar-refractivity contribution in [2.45, 2.75) is 58.8 Å². The van der Waals surface area contributed by atoms with Crippen LogP contribution < -0.4 is 5.32 Å². The summed E-state index contributed by atoms with van der Waals surface area (Å²) in [7, 11) is 0. The normalized spacial score (nSPS) is 17.1. The molecule has 4 nitrogen and oxygen atoms in total. The first-order chi connectivity index (χ1) is 8.44. The Labute approximate surface area is 112 Å². The summed E-state index contributed by atoms with van der Waals surface area (Å²) in [6.45, 7) is 6.16. The molecule has 0 atom stereocenters. The Kier molecular flexibility index (Phi) is 4.00. The maximum Gasteiger partial charge on any atom is 0.226 e. The molecule has 1 saturated carbocycles. The zero-order valence-electron chi connectivity index (χ0n) is 11.3. The van der Waals surface area contributed by atoms with Crippen molar-refractivity contribution in [2.75, 3.05) is 5.32 Å². The van der Waals surface area contributed by atoms with Gasteiger partial charge in [0.25, 0.3) is 0 Å². The lowest BCUT2D eigenvalue weighted by atomic mass is 9.92. The van der Waals surface area contributed by atoms with Gasteiger partial charge in [-0.25, -0.2) is 0 Å². The third-order valence-electron chi connectivity index (χ3n) is 3.08. The molecule has 0 bridgehead atoms. The van der Waals surface area contributed by atoms with E-state index in [1.165, 1.54) is 37.0 Å². The third kappa shape index (κ3) is 3.77. The highest BCUT2D eigenvalue weighted by Gasteiger charge is 2.22. The van der Waals surface area contributed by atoms with Gasteiger partial charge in [-0.1, -0.05) is 44.9 Å². The number of aromatic nitrogens is 2. The van der Waals surface area contributed by atoms with Gasteiger partial charge < -0.3 is 5.32 Å². The van der Waals surface area contributed by atoms with Crippen LogP contribution in [-0.2, 0) is 4.79 Å². The van der Waals surface area contributed by atoms with E-state index in [0.717, 1.165) is 5.01 Å². The molecule has 0 spiro atoms. The standard InChI is InChI=1S/C13H21N3OS/c1-13(2,3)8-10(17)14-12-16-15-11(18-12)9-6-4-5-7-9/h9H,4-8H2,1-3H3,(H,14,16,17). The highest BCUT2D eigenvalue weighted by atomic mass is 32.1. The summed E-state index contributed by atoms with van der Waals surface area (Å²) in [5.74, 6) is 0.590. The largest absolute Gasteiger partial charge is 0.301 e. The van der Waals surface area contributed by atoms with E-state index in [0.29, 0.717) is 17.5 Å². The third-order valence-corrected chi connectivity index (χ3v) is 4.08. The minimum absolute atomic E-state index is 0.00303. The number of carbonyl (C=O) groups is 1. The average Bonchev–Trinajstić information content (AvgIpc) is 2.82. The summed E-state index contributed by atoms with van der Waals surface area (Å²) >= 11 is 1.53. The lowest BCUT2D eigenvalue weighted by Gasteiger charge is -2.16. The number of anilines is 1. The molecule has 18 heavy (non-hydrogen) atoms. The predicted octanol–water partition coefficient (Wildman–Crippen LogP) is 3.57. The fraction of sp³-hybridized carbons (Fsp3) is 0.769. The first kappa shape index (κ1) is 13.5. The van der Waals surface area contributed by atoms with Crippen LogP contribution in [0.4, 0.5) is 5.13 Å². The first-order valence-electron chi connectivity index (χ1n) is 6.57. The molecule has 1 amide bonds. The van der Waals surface area contributed by atoms with E-state index in [2.05, 4.69) is 36.3 Å². The molecular weight excluding hydrogens is 246 g/mol. The van der Waals surface area contributed by atoms with E-state index >= 15 is 0 Å². The van der Waals surface area contributed by atoms with Crippen molar-refractivity contribution >= 4 is 22.4 Å². The molecule has 1 fully saturated rings. The van der Waals surface area contributed by atoms with Crippen LogP contribution in [0.2, 0.25) is 0 Å². The molecule has 0 radical (unpaired) electrons. The molecule has 1 heterocycles. The minimum Gasteiger partial charge on any atom is -0.301 e. The average molecular weight is 267 g/mol. The topological polar surface area (TPSA) is 54.9 Å². The molecule has 1 aromatic heterocycles. The fourth-order valence-corrected chi connectivity index (χ4v) is 3.20. The summed E-state index contributed by atoms with van der Waals surface area (Å²) in [6, 6.07) is 0. The lowest BCUT2D eigenvalue weighted by molar-refractivity contribution is -0.117. The number of nitrogens with zero attached hydrogens (tertiary/aromatic N) is 2. The van der Waals surface area contributed by atoms with Crippen LogP contribution in [0.5, 0.6) is 0 Å². The van der Waals surface area contributed by atoms with Gasteiger partial charge in [0, 0.05) is 12.3 Å². The summed E-state index contributed by atoms with van der Waals surface area (Å²) < 4.78 is 0. The minimum atomic E-state index is 0.00303. The molecule has 2 rings (SSSR count). The Hall–Kier alpha value is -0.970. The molecule has 1 N–H and O–H groups in total. The zero-order valence-corrected chi connectivity index (χ0v) is 12.1. The van der Waals surface area contributed by atoms with Crippen molar-refractivity contribution in [3.8, 4) is 0 Å². The number of hydrogen-bond acceptors (Lipinski definition) is 4. The van der Waals surface area contributed by atoms with E-state index < -0.39 is 0 Å². The van der Waals surface area contributed by atoms with Crippen molar-refractivity contribution in [1.82, 2.24) is 10.2 Å². The number of carbonyl (C=O) groups excluding carboxylic acids is 1. The van der Waals surface area contributed by atoms with Crippen LogP contribution in [0.25, 0.3) is 0 Å². The quantitative estimate of drug-likeness (QED) is 0.910. The smallest absolute Gasteiger partial charge is 0.226 e. The number of nitrogens with one attached hydrogen (secondary N) is 1. The van der Waals surface area contributed by atoms with Gasteiger partial charge in [0.2, 0.25) is 11.0 Å². The molecule has 1 aliphatic carbocycles. The van der Waals surface area contributed by atoms with Gasteiger partial charge in [-0.15, -0.1) is 10.2 Å². The Balaban J connectivity index is 1.92. The van der Waals surface area contributed by atoms with Gasteiger partial charge in [-0.2, -0.15) is 0 Å². The fourth-order valence-electron chi connectivity index (χ4n) is 2.27. The molecule has 1 aliphatic rings. The van der Waals surface area contributed by atoms with Crippen LogP contribution in [0.1, 0.15) is 63.8 Å². The number of rotatable bonds is 3. The number of hydrogen-bond donors (Lipinski definition) is 1. The molecule has 0 aromatic carbocycles. The van der Waals surface area contributed by atoms with E-state index in [1.54, 1.807) is 0 Å². The second-order valence-electron chi connectivity index (χ2n) is 6.21. The van der Waals surface area contributed by atoms with Crippen molar-refractivity contribution in [1.29, 1.82) is 0 Å². The van der Waals surface area contributed by atoms with Crippen molar-refractivity contribution in [2.24, 2.45) is 5.41 Å². The monoisotopic (exact) mass is 267 g/mol. The second kappa shape index (κ2) is 5.34. The molecule has 0 unspecified atom stereocenters. The molecule has 0 saturated heterocycles. The van der Waals surface area contributed by atoms with Gasteiger partial charge >= 0.3 is 0 Å². The maximum absolute atomic E-state index is 11.8. The highest BCUT2D eigenvalue weighted by Crippen LogP contribution is 2.36. The van der Waals surface area contributed by atoms with E-state index in [9.17, 15) is 4.79 Å². The summed E-state index contributed by atoms with van der Waals surface area (Å²) in [5.41, 5.74) is 0.00303. The second-order valence-corrected chi connectivity index (χ2v) is 7.22. The Morgan fingerprint density at radius 1 is 1.33 bits per heavy atom. The molecule has 100 valence electrons. The molecule has 5 heteroatoms. The molecular formula is C13H21N3OS. The van der Waals surface area contributed by atoms with E-state index in [1.807, 2.05) is 0 Å². The van der Waals surface area contributed by atoms with Gasteiger partial charge in [-0.05, 0) is 18.3 Å². The Bertz CT molecular complexity index is 416. The van der Waals surface area contributed by atoms with Crippen molar-refractivity contribution < 1.29 is 4.79 Å². The Morgan fingerprint density at radius 3 is 2.61 bits per heavy atom. The van der Waals surface area contributed by atoms with Crippen molar-refractivity contribution in [3.05, 3.63) is 5.01 Å². The van der Waals surface area contributed by atoms with Crippen LogP contribution in [0.15, 0.2) is 0 Å². The summed E-state index contributed by atoms with van der Waals surface area (Å²) in [6.07, 6.45) is 5.51. The van der Waals surface area contributed by atoms with Crippen molar-refractivity contribution in [3.63, 3.8) is 0 Å². The maximum atomic E-state index is 11.8. The van der Waals surface area contributed by atoms with Gasteiger partial charge in [0.15, 0.2) is 0 Å². The summed E-state index contributed by atoms with van der Waals surface area (Å²) in [5, 5.41) is 12.8. The first-order valence-corrected chi connectivity index (χ1v) is 7.39.